The monoisotopic (exact) mass is 289 g/mol. The van der Waals surface area contributed by atoms with Gasteiger partial charge in [-0.05, 0) is 44.9 Å². The third-order valence-electron chi connectivity index (χ3n) is 4.36. The van der Waals surface area contributed by atoms with Gasteiger partial charge in [0, 0.05) is 25.2 Å². The number of ether oxygens (including phenoxy) is 1. The number of carbonyl (C=O) groups excluding carboxylic acids is 1. The quantitative estimate of drug-likeness (QED) is 0.857. The van der Waals surface area contributed by atoms with Crippen molar-refractivity contribution in [1.82, 2.24) is 9.88 Å². The van der Waals surface area contributed by atoms with Gasteiger partial charge in [-0.15, -0.1) is 0 Å². The Hall–Kier alpha value is -1.62. The van der Waals surface area contributed by atoms with Crippen molar-refractivity contribution >= 4 is 11.8 Å². The van der Waals surface area contributed by atoms with Crippen molar-refractivity contribution in [2.24, 2.45) is 5.92 Å². The summed E-state index contributed by atoms with van der Waals surface area (Å²) in [6, 6.07) is 5.98. The van der Waals surface area contributed by atoms with Crippen LogP contribution in [0.5, 0.6) is 0 Å². The highest BCUT2D eigenvalue weighted by Gasteiger charge is 2.39. The Balaban J connectivity index is 1.50. The molecule has 0 aromatic carbocycles. The highest BCUT2D eigenvalue weighted by molar-refractivity contribution is 5.78. The summed E-state index contributed by atoms with van der Waals surface area (Å²) in [4.78, 5) is 18.5. The van der Waals surface area contributed by atoms with Gasteiger partial charge in [0.2, 0.25) is 0 Å². The molecule has 1 aromatic rings. The van der Waals surface area contributed by atoms with Crippen molar-refractivity contribution in [3.05, 3.63) is 23.9 Å². The average molecular weight is 289 g/mol. The number of hydrogen-bond acceptors (Lipinski definition) is 5. The number of nitrogens with zero attached hydrogens (tertiary/aromatic N) is 2. The molecule has 21 heavy (non-hydrogen) atoms. The van der Waals surface area contributed by atoms with Gasteiger partial charge in [0.25, 0.3) is 0 Å². The second-order valence-corrected chi connectivity index (χ2v) is 6.19. The fourth-order valence-corrected chi connectivity index (χ4v) is 3.24. The number of anilines is 1. The van der Waals surface area contributed by atoms with Gasteiger partial charge < -0.3 is 10.1 Å². The summed E-state index contributed by atoms with van der Waals surface area (Å²) in [6.45, 7) is 6.82. The van der Waals surface area contributed by atoms with Gasteiger partial charge >= 0.3 is 5.97 Å². The maximum absolute atomic E-state index is 11.8. The van der Waals surface area contributed by atoms with E-state index in [-0.39, 0.29) is 18.1 Å². The fraction of sp³-hybridized carbons (Fsp3) is 0.625. The van der Waals surface area contributed by atoms with Gasteiger partial charge in [-0.3, -0.25) is 9.69 Å². The molecule has 5 heteroatoms. The van der Waals surface area contributed by atoms with Gasteiger partial charge in [-0.1, -0.05) is 6.07 Å². The first-order valence-corrected chi connectivity index (χ1v) is 7.74. The van der Waals surface area contributed by atoms with Crippen molar-refractivity contribution in [3.8, 4) is 0 Å². The highest BCUT2D eigenvalue weighted by Crippen LogP contribution is 2.26. The van der Waals surface area contributed by atoms with Gasteiger partial charge in [0.1, 0.15) is 18.0 Å². The number of aromatic nitrogens is 1. The number of carbonyl (C=O) groups is 1. The molecule has 3 atom stereocenters. The molecule has 0 saturated carbocycles. The zero-order valence-electron chi connectivity index (χ0n) is 12.7. The topological polar surface area (TPSA) is 54.5 Å². The lowest BCUT2D eigenvalue weighted by molar-refractivity contribution is -0.144. The van der Waals surface area contributed by atoms with Crippen LogP contribution in [0.4, 0.5) is 5.82 Å². The number of cyclic esters (lactones) is 1. The maximum Gasteiger partial charge on any atom is 0.323 e. The second-order valence-electron chi connectivity index (χ2n) is 6.19. The van der Waals surface area contributed by atoms with Crippen LogP contribution in [0.25, 0.3) is 0 Å². The summed E-state index contributed by atoms with van der Waals surface area (Å²) in [5, 5.41) is 3.40. The van der Waals surface area contributed by atoms with Crippen LogP contribution in [-0.2, 0) is 9.53 Å². The highest BCUT2D eigenvalue weighted by atomic mass is 16.6. The van der Waals surface area contributed by atoms with E-state index in [0.29, 0.717) is 5.92 Å². The largest absolute Gasteiger partial charge is 0.461 e. The molecule has 0 spiro atoms. The van der Waals surface area contributed by atoms with E-state index in [2.05, 4.69) is 15.2 Å². The van der Waals surface area contributed by atoms with Crippen LogP contribution in [0.3, 0.4) is 0 Å². The first-order valence-electron chi connectivity index (χ1n) is 7.74. The minimum Gasteiger partial charge on any atom is -0.461 e. The molecule has 3 heterocycles. The normalized spacial score (nSPS) is 29.6. The number of rotatable bonds is 4. The van der Waals surface area contributed by atoms with Crippen molar-refractivity contribution in [1.29, 1.82) is 0 Å². The van der Waals surface area contributed by atoms with Gasteiger partial charge in [-0.2, -0.15) is 0 Å². The number of pyridine rings is 1. The lowest BCUT2D eigenvalue weighted by Crippen LogP contribution is -2.37. The lowest BCUT2D eigenvalue weighted by atomic mass is 10.1. The molecule has 0 unspecified atom stereocenters. The molecular weight excluding hydrogens is 266 g/mol. The van der Waals surface area contributed by atoms with E-state index in [1.54, 1.807) is 0 Å². The Morgan fingerprint density at radius 1 is 1.48 bits per heavy atom. The van der Waals surface area contributed by atoms with Crippen LogP contribution >= 0.6 is 0 Å². The molecule has 2 aliphatic rings. The average Bonchev–Trinajstić information content (AvgIpc) is 3.03. The molecule has 2 fully saturated rings. The predicted octanol–water partition coefficient (Wildman–Crippen LogP) is 1.83. The van der Waals surface area contributed by atoms with Crippen molar-refractivity contribution < 1.29 is 9.53 Å². The molecule has 2 saturated heterocycles. The number of nitrogens with one attached hydrogen (secondary N) is 1. The van der Waals surface area contributed by atoms with E-state index in [1.165, 1.54) is 0 Å². The van der Waals surface area contributed by atoms with Gasteiger partial charge in [0.05, 0.1) is 0 Å². The fourth-order valence-electron chi connectivity index (χ4n) is 3.24. The minimum absolute atomic E-state index is 0.0258. The van der Waals surface area contributed by atoms with E-state index in [9.17, 15) is 4.79 Å². The lowest BCUT2D eigenvalue weighted by Gasteiger charge is -2.20. The molecule has 114 valence electrons. The molecule has 3 rings (SSSR count). The number of hydrogen-bond donors (Lipinski definition) is 1. The molecule has 2 aliphatic heterocycles. The predicted molar refractivity (Wildman–Crippen MR) is 81.1 cm³/mol. The van der Waals surface area contributed by atoms with Crippen LogP contribution in [-0.4, -0.2) is 47.6 Å². The zero-order chi connectivity index (χ0) is 14.8. The van der Waals surface area contributed by atoms with Gasteiger partial charge in [0.15, 0.2) is 0 Å². The van der Waals surface area contributed by atoms with E-state index < -0.39 is 0 Å². The number of likely N-dealkylation sites (tertiary alicyclic amines) is 1. The Morgan fingerprint density at radius 3 is 3.05 bits per heavy atom. The summed E-state index contributed by atoms with van der Waals surface area (Å²) in [6.07, 6.45) is 2.02. The first-order chi connectivity index (χ1) is 10.1. The number of aryl methyl sites for hydroxylation is 1. The van der Waals surface area contributed by atoms with Crippen molar-refractivity contribution in [3.63, 3.8) is 0 Å². The van der Waals surface area contributed by atoms with Crippen molar-refractivity contribution in [2.75, 3.05) is 25.0 Å². The Bertz CT molecular complexity index is 520. The third kappa shape index (κ3) is 3.35. The van der Waals surface area contributed by atoms with Crippen LogP contribution in [0.1, 0.15) is 25.5 Å². The molecule has 0 amide bonds. The summed E-state index contributed by atoms with van der Waals surface area (Å²) >= 11 is 0. The molecule has 1 aromatic heterocycles. The summed E-state index contributed by atoms with van der Waals surface area (Å²) < 4.78 is 5.26. The summed E-state index contributed by atoms with van der Waals surface area (Å²) in [5.74, 6) is 1.45. The van der Waals surface area contributed by atoms with E-state index >= 15 is 0 Å². The molecular formula is C16H23N3O2. The summed E-state index contributed by atoms with van der Waals surface area (Å²) in [7, 11) is 0. The zero-order valence-corrected chi connectivity index (χ0v) is 12.7. The molecule has 0 radical (unpaired) electrons. The van der Waals surface area contributed by atoms with E-state index in [0.717, 1.165) is 44.0 Å². The van der Waals surface area contributed by atoms with Crippen LogP contribution in [0.2, 0.25) is 0 Å². The first kappa shape index (κ1) is 14.3. The Kier molecular flexibility index (Phi) is 4.10. The van der Waals surface area contributed by atoms with Crippen molar-refractivity contribution in [2.45, 2.75) is 38.8 Å². The molecule has 5 nitrogen and oxygen atoms in total. The number of esters is 1. The van der Waals surface area contributed by atoms with Crippen LogP contribution in [0, 0.1) is 12.8 Å². The van der Waals surface area contributed by atoms with Crippen LogP contribution < -0.4 is 5.32 Å². The Morgan fingerprint density at radius 2 is 2.33 bits per heavy atom. The molecule has 1 N–H and O–H groups in total. The van der Waals surface area contributed by atoms with Gasteiger partial charge in [-0.25, -0.2) is 4.98 Å². The second kappa shape index (κ2) is 6.02. The molecule has 0 aliphatic carbocycles. The third-order valence-corrected chi connectivity index (χ3v) is 4.36. The minimum atomic E-state index is -0.0449. The SMILES string of the molecule is Cc1cccc(NC[C@@H]2CCN([C@H]3C[C@@H](C)OC3=O)C2)n1. The molecule has 0 bridgehead atoms. The smallest absolute Gasteiger partial charge is 0.323 e. The Labute approximate surface area is 125 Å². The van der Waals surface area contributed by atoms with E-state index in [1.807, 2.05) is 32.0 Å². The van der Waals surface area contributed by atoms with E-state index in [4.69, 9.17) is 4.74 Å². The summed E-state index contributed by atoms with van der Waals surface area (Å²) in [5.41, 5.74) is 1.02. The van der Waals surface area contributed by atoms with Crippen LogP contribution in [0.15, 0.2) is 18.2 Å². The maximum atomic E-state index is 11.8. The standard InChI is InChI=1S/C16H23N3O2/c1-11-4-3-5-15(18-11)17-9-13-6-7-19(10-13)14-8-12(2)21-16(14)20/h3-5,12-14H,6-10H2,1-2H3,(H,17,18)/t12-,13+,14+/m1/s1.